The maximum absolute atomic E-state index is 13.2. The molecule has 194 valence electrons. The van der Waals surface area contributed by atoms with E-state index >= 15 is 0 Å². The van der Waals surface area contributed by atoms with Gasteiger partial charge in [0.2, 0.25) is 10.0 Å². The Morgan fingerprint density at radius 1 is 1.03 bits per heavy atom. The van der Waals surface area contributed by atoms with E-state index in [1.807, 2.05) is 36.4 Å². The number of rotatable bonds is 10. The topological polar surface area (TPSA) is 95.9 Å². The van der Waals surface area contributed by atoms with Gasteiger partial charge in [-0.3, -0.25) is 9.69 Å². The summed E-state index contributed by atoms with van der Waals surface area (Å²) in [6, 6.07) is 20.9. The van der Waals surface area contributed by atoms with Gasteiger partial charge in [-0.1, -0.05) is 48.0 Å². The van der Waals surface area contributed by atoms with E-state index in [9.17, 15) is 18.3 Å². The van der Waals surface area contributed by atoms with Crippen LogP contribution in [0.4, 0.5) is 0 Å². The molecule has 2 N–H and O–H groups in total. The molecule has 1 heterocycles. The fourth-order valence-corrected chi connectivity index (χ4v) is 6.48. The quantitative estimate of drug-likeness (QED) is 0.384. The fourth-order valence-electron chi connectivity index (χ4n) is 4.95. The van der Waals surface area contributed by atoms with Gasteiger partial charge in [-0.25, -0.2) is 8.42 Å². The number of nitrogens with one attached hydrogen (secondary N) is 1. The van der Waals surface area contributed by atoms with E-state index in [0.29, 0.717) is 17.4 Å². The van der Waals surface area contributed by atoms with Crippen LogP contribution in [-0.2, 0) is 14.8 Å². The zero-order valence-corrected chi connectivity index (χ0v) is 21.8. The Balaban J connectivity index is 1.28. The van der Waals surface area contributed by atoms with Gasteiger partial charge in [0.15, 0.2) is 0 Å². The Hall–Kier alpha value is -2.91. The molecule has 2 aliphatic rings. The van der Waals surface area contributed by atoms with E-state index in [2.05, 4.69) is 9.62 Å². The molecule has 0 bridgehead atoms. The zero-order chi connectivity index (χ0) is 26.0. The van der Waals surface area contributed by atoms with Crippen molar-refractivity contribution in [2.45, 2.75) is 35.6 Å². The first-order chi connectivity index (χ1) is 17.8. The van der Waals surface area contributed by atoms with Gasteiger partial charge >= 0.3 is 5.97 Å². The molecule has 1 aliphatic carbocycles. The molecule has 1 aliphatic heterocycles. The molecule has 0 radical (unpaired) electrons. The highest BCUT2D eigenvalue weighted by Crippen LogP contribution is 2.53. The van der Waals surface area contributed by atoms with Crippen LogP contribution in [0.25, 0.3) is 11.1 Å². The van der Waals surface area contributed by atoms with Crippen molar-refractivity contribution >= 4 is 27.6 Å². The maximum Gasteiger partial charge on any atom is 0.325 e. The second kappa shape index (κ2) is 10.5. The predicted octanol–water partition coefficient (Wildman–Crippen LogP) is 4.77. The summed E-state index contributed by atoms with van der Waals surface area (Å²) < 4.78 is 34.7. The number of sulfonamides is 1. The first kappa shape index (κ1) is 25.7. The Bertz CT molecular complexity index is 1370. The zero-order valence-electron chi connectivity index (χ0n) is 20.3. The Labute approximate surface area is 222 Å². The van der Waals surface area contributed by atoms with E-state index in [0.717, 1.165) is 36.3 Å². The number of nitrogens with zero attached hydrogens (tertiary/aromatic N) is 1. The molecule has 5 rings (SSSR count). The monoisotopic (exact) mass is 540 g/mol. The summed E-state index contributed by atoms with van der Waals surface area (Å²) in [5.41, 5.74) is 0.867. The molecule has 2 atom stereocenters. The summed E-state index contributed by atoms with van der Waals surface area (Å²) in [4.78, 5) is 14.6. The molecule has 37 heavy (non-hydrogen) atoms. The number of hydrogen-bond acceptors (Lipinski definition) is 5. The standard InChI is InChI=1S/C28H29ClN2O5S/c29-23-10-6-20(7-11-23)21-8-12-25(13-9-21)37(34,35)30-28(27(32)33)19-26(28)22-4-3-5-24(18-22)36-17-16-31-14-1-2-15-31/h3-13,18,26,30H,1-2,14-17,19H2,(H,32,33). The number of ether oxygens (including phenoxy) is 1. The number of carboxylic acid groups (broad SMARTS) is 1. The van der Waals surface area contributed by atoms with Crippen molar-refractivity contribution in [1.29, 1.82) is 0 Å². The maximum atomic E-state index is 13.2. The van der Waals surface area contributed by atoms with Crippen molar-refractivity contribution in [3.63, 3.8) is 0 Å². The predicted molar refractivity (Wildman–Crippen MR) is 143 cm³/mol. The summed E-state index contributed by atoms with van der Waals surface area (Å²) in [6.45, 7) is 3.59. The molecule has 3 aromatic carbocycles. The Morgan fingerprint density at radius 3 is 2.32 bits per heavy atom. The van der Waals surface area contributed by atoms with Crippen LogP contribution >= 0.6 is 11.6 Å². The third-order valence-corrected chi connectivity index (χ3v) is 8.91. The Morgan fingerprint density at radius 2 is 1.68 bits per heavy atom. The Kier molecular flexibility index (Phi) is 7.27. The van der Waals surface area contributed by atoms with Crippen LogP contribution in [0.15, 0.2) is 77.7 Å². The minimum atomic E-state index is -4.07. The molecule has 0 aromatic heterocycles. The van der Waals surface area contributed by atoms with Crippen molar-refractivity contribution in [2.75, 3.05) is 26.2 Å². The van der Waals surface area contributed by atoms with Crippen LogP contribution in [-0.4, -0.2) is 56.2 Å². The lowest BCUT2D eigenvalue weighted by Crippen LogP contribution is -2.44. The number of hydrogen-bond donors (Lipinski definition) is 2. The van der Waals surface area contributed by atoms with Gasteiger partial charge in [-0.05, 0) is 85.4 Å². The van der Waals surface area contributed by atoms with E-state index in [-0.39, 0.29) is 11.3 Å². The lowest BCUT2D eigenvalue weighted by molar-refractivity contribution is -0.140. The first-order valence-electron chi connectivity index (χ1n) is 12.4. The third kappa shape index (κ3) is 5.67. The van der Waals surface area contributed by atoms with E-state index < -0.39 is 27.4 Å². The van der Waals surface area contributed by atoms with Crippen molar-refractivity contribution < 1.29 is 23.1 Å². The largest absolute Gasteiger partial charge is 0.492 e. The summed E-state index contributed by atoms with van der Waals surface area (Å²) >= 11 is 5.94. The van der Waals surface area contributed by atoms with Crippen molar-refractivity contribution in [3.8, 4) is 16.9 Å². The van der Waals surface area contributed by atoms with Gasteiger partial charge < -0.3 is 9.84 Å². The second-order valence-corrected chi connectivity index (χ2v) is 11.8. The summed E-state index contributed by atoms with van der Waals surface area (Å²) in [5.74, 6) is -1.03. The lowest BCUT2D eigenvalue weighted by Gasteiger charge is -2.17. The van der Waals surface area contributed by atoms with Crippen molar-refractivity contribution in [1.82, 2.24) is 9.62 Å². The minimum Gasteiger partial charge on any atom is -0.492 e. The van der Waals surface area contributed by atoms with Crippen LogP contribution in [0.2, 0.25) is 5.02 Å². The van der Waals surface area contributed by atoms with Crippen molar-refractivity contribution in [3.05, 3.63) is 83.4 Å². The first-order valence-corrected chi connectivity index (χ1v) is 14.2. The fraction of sp³-hybridized carbons (Fsp3) is 0.321. The lowest BCUT2D eigenvalue weighted by atomic mass is 10.1. The normalized spacial score (nSPS) is 21.6. The molecule has 1 saturated carbocycles. The van der Waals surface area contributed by atoms with Gasteiger partial charge in [-0.15, -0.1) is 0 Å². The van der Waals surface area contributed by atoms with E-state index in [1.54, 1.807) is 24.3 Å². The highest BCUT2D eigenvalue weighted by molar-refractivity contribution is 7.89. The van der Waals surface area contributed by atoms with Gasteiger partial charge in [0.25, 0.3) is 0 Å². The van der Waals surface area contributed by atoms with Gasteiger partial charge in [0, 0.05) is 17.5 Å². The molecule has 1 saturated heterocycles. The number of likely N-dealkylation sites (tertiary alicyclic amines) is 1. The van der Waals surface area contributed by atoms with Gasteiger partial charge in [0.1, 0.15) is 17.9 Å². The van der Waals surface area contributed by atoms with E-state index in [4.69, 9.17) is 16.3 Å². The second-order valence-electron chi connectivity index (χ2n) is 9.64. The SMILES string of the molecule is O=C(O)C1(NS(=O)(=O)c2ccc(-c3ccc(Cl)cc3)cc2)CC1c1cccc(OCCN2CCCC2)c1. The summed E-state index contributed by atoms with van der Waals surface area (Å²) in [6.07, 6.45) is 2.61. The summed E-state index contributed by atoms with van der Waals surface area (Å²) in [5, 5.41) is 10.6. The highest BCUT2D eigenvalue weighted by Gasteiger charge is 2.63. The third-order valence-electron chi connectivity index (χ3n) is 7.14. The molecule has 2 fully saturated rings. The molecule has 9 heteroatoms. The highest BCUT2D eigenvalue weighted by atomic mass is 35.5. The van der Waals surface area contributed by atoms with Crippen LogP contribution in [0.3, 0.4) is 0 Å². The smallest absolute Gasteiger partial charge is 0.325 e. The number of halogens is 1. The number of carboxylic acids is 1. The molecular formula is C28H29ClN2O5S. The number of carbonyl (C=O) groups is 1. The van der Waals surface area contributed by atoms with Crippen LogP contribution in [0.5, 0.6) is 5.75 Å². The summed E-state index contributed by atoms with van der Waals surface area (Å²) in [7, 11) is -4.07. The van der Waals surface area contributed by atoms with Crippen molar-refractivity contribution in [2.24, 2.45) is 0 Å². The van der Waals surface area contributed by atoms with Crippen LogP contribution < -0.4 is 9.46 Å². The molecule has 7 nitrogen and oxygen atoms in total. The van der Waals surface area contributed by atoms with Gasteiger partial charge in [0.05, 0.1) is 4.90 Å². The number of benzene rings is 3. The average molecular weight is 541 g/mol. The van der Waals surface area contributed by atoms with Gasteiger partial charge in [-0.2, -0.15) is 4.72 Å². The molecule has 0 amide bonds. The van der Waals surface area contributed by atoms with Crippen LogP contribution in [0, 0.1) is 0 Å². The van der Waals surface area contributed by atoms with E-state index in [1.165, 1.54) is 25.0 Å². The average Bonchev–Trinajstić information content (AvgIpc) is 3.37. The molecule has 3 aromatic rings. The molecular weight excluding hydrogens is 512 g/mol. The molecule has 0 spiro atoms. The number of aliphatic carboxylic acids is 1. The van der Waals surface area contributed by atoms with Crippen LogP contribution in [0.1, 0.15) is 30.7 Å². The molecule has 2 unspecified atom stereocenters. The minimum absolute atomic E-state index is 0.00971.